The topological polar surface area (TPSA) is 129 Å². The number of rotatable bonds is 12. The first-order valence-electron chi connectivity index (χ1n) is 12.8. The average molecular weight is 566 g/mol. The fourth-order valence-electron chi connectivity index (χ4n) is 4.23. The molecule has 12 heteroatoms. The number of nitrogens with one attached hydrogen (secondary N) is 1. The standard InChI is InChI=1S/C28H35N7O4S/c1-7-40(20(4)25(39-12-11-36)26-30-15-19(3)16-31-26)34-28-33-32-27(21-13-18(2)14-29-17-21)35(28)24-22(37-5)9-8-10-23(24)38-6/h7-10,13-17,20,25,36H,11-12H2,1-6H3,(H,33,34)/t20-,25-,40?/m1/s1. The maximum Gasteiger partial charge on any atom is 0.239 e. The van der Waals surface area contributed by atoms with Gasteiger partial charge in [-0.25, -0.2) is 9.97 Å². The van der Waals surface area contributed by atoms with E-state index in [0.29, 0.717) is 34.8 Å². The van der Waals surface area contributed by atoms with Crippen LogP contribution in [0.1, 0.15) is 36.9 Å². The van der Waals surface area contributed by atoms with Crippen LogP contribution in [0.5, 0.6) is 11.5 Å². The number of anilines is 1. The van der Waals surface area contributed by atoms with Gasteiger partial charge in [-0.3, -0.25) is 9.55 Å². The first-order chi connectivity index (χ1) is 19.4. The van der Waals surface area contributed by atoms with Crippen LogP contribution >= 0.6 is 10.7 Å². The minimum absolute atomic E-state index is 0.109. The van der Waals surface area contributed by atoms with Crippen molar-refractivity contribution >= 4 is 22.0 Å². The van der Waals surface area contributed by atoms with Gasteiger partial charge in [0.15, 0.2) is 11.6 Å². The van der Waals surface area contributed by atoms with E-state index >= 15 is 0 Å². The minimum atomic E-state index is -0.597. The summed E-state index contributed by atoms with van der Waals surface area (Å²) in [6.45, 7) is 7.99. The van der Waals surface area contributed by atoms with E-state index in [1.165, 1.54) is 0 Å². The van der Waals surface area contributed by atoms with Gasteiger partial charge >= 0.3 is 0 Å². The molecule has 0 saturated heterocycles. The number of aliphatic hydroxyl groups excluding tert-OH is 1. The Morgan fingerprint density at radius 2 is 1.73 bits per heavy atom. The summed E-state index contributed by atoms with van der Waals surface area (Å²) in [6.07, 6.45) is 6.59. The molecule has 40 heavy (non-hydrogen) atoms. The molecule has 3 atom stereocenters. The first-order valence-corrected chi connectivity index (χ1v) is 14.1. The maximum absolute atomic E-state index is 9.47. The van der Waals surface area contributed by atoms with Gasteiger partial charge in [0.1, 0.15) is 23.3 Å². The fraction of sp³-hybridized carbons (Fsp3) is 0.357. The first kappa shape index (κ1) is 29.1. The van der Waals surface area contributed by atoms with E-state index in [1.807, 2.05) is 49.6 Å². The van der Waals surface area contributed by atoms with Crippen molar-refractivity contribution in [1.29, 1.82) is 0 Å². The van der Waals surface area contributed by atoms with Crippen LogP contribution in [0.4, 0.5) is 5.95 Å². The van der Waals surface area contributed by atoms with Crippen molar-refractivity contribution in [2.45, 2.75) is 39.0 Å². The fourth-order valence-corrected chi connectivity index (χ4v) is 5.78. The number of aromatic nitrogens is 6. The zero-order valence-corrected chi connectivity index (χ0v) is 24.3. The lowest BCUT2D eigenvalue weighted by atomic mass is 10.2. The molecule has 0 bridgehead atoms. The third-order valence-corrected chi connectivity index (χ3v) is 8.13. The zero-order valence-electron chi connectivity index (χ0n) is 23.5. The number of ether oxygens (including phenoxy) is 3. The highest BCUT2D eigenvalue weighted by Crippen LogP contribution is 2.40. The normalized spacial score (nSPS) is 13.6. The van der Waals surface area contributed by atoms with Crippen LogP contribution in [0.2, 0.25) is 0 Å². The van der Waals surface area contributed by atoms with Crippen LogP contribution in [-0.4, -0.2) is 72.9 Å². The molecule has 11 nitrogen and oxygen atoms in total. The Balaban J connectivity index is 1.82. The van der Waals surface area contributed by atoms with Crippen LogP contribution in [0, 0.1) is 13.8 Å². The predicted molar refractivity (Wildman–Crippen MR) is 157 cm³/mol. The van der Waals surface area contributed by atoms with Crippen LogP contribution in [-0.2, 0) is 4.74 Å². The summed E-state index contributed by atoms with van der Waals surface area (Å²) < 4.78 is 23.0. The van der Waals surface area contributed by atoms with E-state index in [4.69, 9.17) is 14.2 Å². The van der Waals surface area contributed by atoms with Crippen molar-refractivity contribution in [1.82, 2.24) is 29.7 Å². The Morgan fingerprint density at radius 1 is 1.02 bits per heavy atom. The summed E-state index contributed by atoms with van der Waals surface area (Å²) >= 11 is 0. The van der Waals surface area contributed by atoms with Crippen molar-refractivity contribution in [2.75, 3.05) is 32.2 Å². The smallest absolute Gasteiger partial charge is 0.239 e. The van der Waals surface area contributed by atoms with Crippen LogP contribution in [0.3, 0.4) is 0 Å². The number of nitrogens with zero attached hydrogens (tertiary/aromatic N) is 6. The summed E-state index contributed by atoms with van der Waals surface area (Å²) in [5, 5.41) is 20.5. The van der Waals surface area contributed by atoms with Crippen LogP contribution in [0.25, 0.3) is 17.1 Å². The number of methoxy groups -OCH3 is 2. The molecule has 0 radical (unpaired) electrons. The molecule has 0 fully saturated rings. The van der Waals surface area contributed by atoms with Crippen molar-refractivity contribution in [3.63, 3.8) is 0 Å². The zero-order chi connectivity index (χ0) is 28.6. The number of hydrogen-bond acceptors (Lipinski definition) is 10. The molecule has 1 unspecified atom stereocenters. The number of benzene rings is 1. The summed E-state index contributed by atoms with van der Waals surface area (Å²) in [6, 6.07) is 7.59. The monoisotopic (exact) mass is 565 g/mol. The molecular formula is C28H35N7O4S. The lowest BCUT2D eigenvalue weighted by Gasteiger charge is -2.27. The third-order valence-electron chi connectivity index (χ3n) is 6.16. The second-order valence-corrected chi connectivity index (χ2v) is 11.2. The van der Waals surface area contributed by atoms with Gasteiger partial charge in [0.25, 0.3) is 0 Å². The number of pyridine rings is 1. The second kappa shape index (κ2) is 13.5. The van der Waals surface area contributed by atoms with Gasteiger partial charge in [-0.15, -0.1) is 10.2 Å². The molecule has 4 rings (SSSR count). The van der Waals surface area contributed by atoms with Gasteiger partial charge in [-0.05, 0) is 62.4 Å². The number of hydrogen-bond donors (Lipinski definition) is 2. The number of aliphatic hydroxyl groups is 1. The number of para-hydroxylation sites is 1. The van der Waals surface area contributed by atoms with E-state index in [2.05, 4.69) is 42.2 Å². The third kappa shape index (κ3) is 6.30. The molecule has 0 aliphatic carbocycles. The highest BCUT2D eigenvalue weighted by atomic mass is 32.2. The Kier molecular flexibility index (Phi) is 9.80. The van der Waals surface area contributed by atoms with Gasteiger partial charge in [0, 0.05) is 35.6 Å². The second-order valence-electron chi connectivity index (χ2n) is 8.99. The highest BCUT2D eigenvalue weighted by Gasteiger charge is 2.28. The molecular weight excluding hydrogens is 530 g/mol. The van der Waals surface area contributed by atoms with Crippen LogP contribution < -0.4 is 14.2 Å². The lowest BCUT2D eigenvalue weighted by Crippen LogP contribution is -2.23. The molecule has 0 saturated carbocycles. The molecule has 0 spiro atoms. The van der Waals surface area contributed by atoms with Crippen molar-refractivity contribution in [2.24, 2.45) is 0 Å². The molecule has 3 aromatic heterocycles. The van der Waals surface area contributed by atoms with Crippen molar-refractivity contribution < 1.29 is 19.3 Å². The molecule has 0 amide bonds. The van der Waals surface area contributed by atoms with Gasteiger partial charge in [0.2, 0.25) is 5.95 Å². The Labute approximate surface area is 236 Å². The van der Waals surface area contributed by atoms with Crippen molar-refractivity contribution in [3.05, 3.63) is 66.0 Å². The Hall–Kier alpha value is -3.87. The quantitative estimate of drug-likeness (QED) is 0.240. The minimum Gasteiger partial charge on any atom is -0.494 e. The van der Waals surface area contributed by atoms with Gasteiger partial charge in [-0.1, -0.05) is 16.7 Å². The van der Waals surface area contributed by atoms with Gasteiger partial charge in [-0.2, -0.15) is 0 Å². The summed E-state index contributed by atoms with van der Waals surface area (Å²) in [5.41, 5.74) is 3.39. The maximum atomic E-state index is 9.47. The molecule has 0 aliphatic heterocycles. The lowest BCUT2D eigenvalue weighted by molar-refractivity contribution is 0.0240. The van der Waals surface area contributed by atoms with Crippen molar-refractivity contribution in [3.8, 4) is 28.6 Å². The molecule has 212 valence electrons. The van der Waals surface area contributed by atoms with Crippen LogP contribution in [0.15, 0.2) is 49.1 Å². The average Bonchev–Trinajstić information content (AvgIpc) is 3.39. The summed E-state index contributed by atoms with van der Waals surface area (Å²) in [5.74, 6) is 2.79. The molecule has 1 aromatic carbocycles. The largest absolute Gasteiger partial charge is 0.494 e. The Morgan fingerprint density at radius 3 is 2.33 bits per heavy atom. The van der Waals surface area contributed by atoms with E-state index in [1.54, 1.807) is 39.0 Å². The predicted octanol–water partition coefficient (Wildman–Crippen LogP) is 4.31. The van der Waals surface area contributed by atoms with E-state index in [0.717, 1.165) is 16.7 Å². The van der Waals surface area contributed by atoms with E-state index in [9.17, 15) is 5.11 Å². The van der Waals surface area contributed by atoms with Gasteiger partial charge in [0.05, 0.1) is 27.4 Å². The molecule has 4 aromatic rings. The molecule has 2 N–H and O–H groups in total. The molecule has 3 heterocycles. The van der Waals surface area contributed by atoms with E-state index < -0.39 is 16.8 Å². The highest BCUT2D eigenvalue weighted by molar-refractivity contribution is 8.16. The number of aryl methyl sites for hydroxylation is 2. The summed E-state index contributed by atoms with van der Waals surface area (Å²) in [4.78, 5) is 13.4. The molecule has 0 aliphatic rings. The van der Waals surface area contributed by atoms with Gasteiger partial charge < -0.3 is 24.0 Å². The Bertz CT molecular complexity index is 1440. The SMILES string of the molecule is C/C=S(\Nc1nnc(-c2cncc(C)c2)n1-c1c(OC)cccc1OC)[C@H](C)[C@@H](OCCO)c1ncc(C)cn1. The van der Waals surface area contributed by atoms with E-state index in [-0.39, 0.29) is 18.5 Å². The summed E-state index contributed by atoms with van der Waals surface area (Å²) in [7, 11) is 2.63.